The topological polar surface area (TPSA) is 32.7 Å². The van der Waals surface area contributed by atoms with E-state index in [1.165, 1.54) is 24.3 Å². The fourth-order valence-electron chi connectivity index (χ4n) is 2.21. The molecule has 0 aliphatic carbocycles. The zero-order chi connectivity index (χ0) is 16.2. The summed E-state index contributed by atoms with van der Waals surface area (Å²) in [5, 5.41) is 10.2. The molecule has 6 heteroatoms. The Morgan fingerprint density at radius 2 is 1.52 bits per heavy atom. The highest BCUT2D eigenvalue weighted by Gasteiger charge is 2.31. The lowest BCUT2D eigenvalue weighted by atomic mass is 10.1. The number of aliphatic hydroxyl groups is 1. The Morgan fingerprint density at radius 1 is 1.05 bits per heavy atom. The van der Waals surface area contributed by atoms with Gasteiger partial charge in [-0.2, -0.15) is 0 Å². The van der Waals surface area contributed by atoms with Crippen LogP contribution in [-0.4, -0.2) is 35.0 Å². The molecule has 0 aliphatic heterocycles. The quantitative estimate of drug-likeness (QED) is 0.869. The van der Waals surface area contributed by atoms with Crippen LogP contribution in [0, 0.1) is 0 Å². The number of ether oxygens (including phenoxy) is 1. The van der Waals surface area contributed by atoms with Crippen LogP contribution in [0.1, 0.15) is 39.4 Å². The molecule has 0 spiro atoms. The van der Waals surface area contributed by atoms with Gasteiger partial charge in [0.15, 0.2) is 0 Å². The minimum absolute atomic E-state index is 0.271. The summed E-state index contributed by atoms with van der Waals surface area (Å²) in [4.78, 5) is 2.12. The van der Waals surface area contributed by atoms with Gasteiger partial charge < -0.3 is 9.84 Å². The second-order valence-corrected chi connectivity index (χ2v) is 5.52. The number of benzene rings is 1. The van der Waals surface area contributed by atoms with Gasteiger partial charge in [0.1, 0.15) is 5.75 Å². The third kappa shape index (κ3) is 5.93. The zero-order valence-corrected chi connectivity index (χ0v) is 12.7. The summed E-state index contributed by atoms with van der Waals surface area (Å²) in [6.45, 7) is 8.56. The molecule has 1 N–H and O–H groups in total. The highest BCUT2D eigenvalue weighted by atomic mass is 19.4. The lowest BCUT2D eigenvalue weighted by molar-refractivity contribution is -0.274. The van der Waals surface area contributed by atoms with Gasteiger partial charge in [0.05, 0.1) is 6.10 Å². The van der Waals surface area contributed by atoms with Crippen molar-refractivity contribution in [2.24, 2.45) is 0 Å². The average molecular weight is 305 g/mol. The smallest absolute Gasteiger partial charge is 0.406 e. The van der Waals surface area contributed by atoms with Crippen LogP contribution in [0.2, 0.25) is 0 Å². The van der Waals surface area contributed by atoms with Crippen molar-refractivity contribution in [2.75, 3.05) is 6.54 Å². The first-order chi connectivity index (χ1) is 9.60. The molecule has 1 rings (SSSR count). The van der Waals surface area contributed by atoms with Crippen LogP contribution in [0.3, 0.4) is 0 Å². The molecule has 3 nitrogen and oxygen atoms in total. The maximum absolute atomic E-state index is 12.1. The van der Waals surface area contributed by atoms with Crippen LogP contribution in [-0.2, 0) is 0 Å². The highest BCUT2D eigenvalue weighted by molar-refractivity contribution is 5.28. The van der Waals surface area contributed by atoms with E-state index in [4.69, 9.17) is 0 Å². The van der Waals surface area contributed by atoms with Crippen molar-refractivity contribution in [1.82, 2.24) is 4.90 Å². The van der Waals surface area contributed by atoms with E-state index in [0.29, 0.717) is 12.1 Å². The van der Waals surface area contributed by atoms with Crippen molar-refractivity contribution in [3.8, 4) is 5.75 Å². The normalized spacial score (nSPS) is 14.0. The molecule has 120 valence electrons. The Bertz CT molecular complexity index is 422. The number of nitrogens with zero attached hydrogens (tertiary/aromatic N) is 1. The molecule has 21 heavy (non-hydrogen) atoms. The van der Waals surface area contributed by atoms with Crippen LogP contribution in [0.15, 0.2) is 24.3 Å². The van der Waals surface area contributed by atoms with Gasteiger partial charge in [0.25, 0.3) is 0 Å². The lowest BCUT2D eigenvalue weighted by Gasteiger charge is -2.32. The summed E-state index contributed by atoms with van der Waals surface area (Å²) in [5.74, 6) is -0.289. The first-order valence-electron chi connectivity index (χ1n) is 6.89. The van der Waals surface area contributed by atoms with E-state index in [-0.39, 0.29) is 17.8 Å². The summed E-state index contributed by atoms with van der Waals surface area (Å²) < 4.78 is 40.0. The molecule has 0 amide bonds. The van der Waals surface area contributed by atoms with Gasteiger partial charge in [-0.15, -0.1) is 13.2 Å². The van der Waals surface area contributed by atoms with Crippen molar-refractivity contribution < 1.29 is 23.0 Å². The molecule has 0 fully saturated rings. The van der Waals surface area contributed by atoms with E-state index in [0.717, 1.165) is 0 Å². The van der Waals surface area contributed by atoms with Gasteiger partial charge in [0, 0.05) is 18.6 Å². The van der Waals surface area contributed by atoms with Crippen molar-refractivity contribution in [1.29, 1.82) is 0 Å². The van der Waals surface area contributed by atoms with E-state index in [2.05, 4.69) is 9.64 Å². The summed E-state index contributed by atoms with van der Waals surface area (Å²) in [5.41, 5.74) is 0.566. The molecule has 1 unspecified atom stereocenters. The molecule has 0 aromatic heterocycles. The summed E-state index contributed by atoms with van der Waals surface area (Å²) >= 11 is 0. The van der Waals surface area contributed by atoms with E-state index < -0.39 is 12.5 Å². The third-order valence-corrected chi connectivity index (χ3v) is 3.21. The number of halogens is 3. The molecule has 1 aromatic rings. The van der Waals surface area contributed by atoms with Gasteiger partial charge in [-0.25, -0.2) is 0 Å². The van der Waals surface area contributed by atoms with E-state index in [1.54, 1.807) is 0 Å². The van der Waals surface area contributed by atoms with Gasteiger partial charge in [-0.05, 0) is 45.4 Å². The largest absolute Gasteiger partial charge is 0.573 e. The summed E-state index contributed by atoms with van der Waals surface area (Å²) in [7, 11) is 0. The number of alkyl halides is 3. The first-order valence-corrected chi connectivity index (χ1v) is 6.89. The second-order valence-electron chi connectivity index (χ2n) is 5.52. The third-order valence-electron chi connectivity index (χ3n) is 3.21. The van der Waals surface area contributed by atoms with E-state index >= 15 is 0 Å². The Hall–Kier alpha value is -1.27. The standard InChI is InChI=1S/C15H22F3NO2/c1-10(2)19(11(3)4)9-14(20)12-5-7-13(8-6-12)21-15(16,17)18/h5-8,10-11,14,20H,9H2,1-4H3. The van der Waals surface area contributed by atoms with Gasteiger partial charge in [-0.1, -0.05) is 12.1 Å². The second kappa shape index (κ2) is 7.13. The molecule has 0 heterocycles. The Labute approximate surface area is 123 Å². The fraction of sp³-hybridized carbons (Fsp3) is 0.600. The molecular weight excluding hydrogens is 283 g/mol. The molecule has 0 radical (unpaired) electrons. The van der Waals surface area contributed by atoms with E-state index in [9.17, 15) is 18.3 Å². The van der Waals surface area contributed by atoms with Crippen molar-refractivity contribution in [2.45, 2.75) is 52.2 Å². The fourth-order valence-corrected chi connectivity index (χ4v) is 2.21. The molecule has 0 aliphatic rings. The Balaban J connectivity index is 2.73. The molecule has 1 atom stereocenters. The summed E-state index contributed by atoms with van der Waals surface area (Å²) in [6.07, 6.45) is -5.46. The highest BCUT2D eigenvalue weighted by Crippen LogP contribution is 2.25. The average Bonchev–Trinajstić information content (AvgIpc) is 2.33. The molecule has 0 saturated heterocycles. The van der Waals surface area contributed by atoms with Crippen molar-refractivity contribution in [3.05, 3.63) is 29.8 Å². The van der Waals surface area contributed by atoms with Crippen molar-refractivity contribution in [3.63, 3.8) is 0 Å². The Kier molecular flexibility index (Phi) is 6.04. The van der Waals surface area contributed by atoms with Gasteiger partial charge >= 0.3 is 6.36 Å². The molecule has 0 bridgehead atoms. The molecule has 0 saturated carbocycles. The Morgan fingerprint density at radius 3 is 1.90 bits per heavy atom. The van der Waals surface area contributed by atoms with Crippen molar-refractivity contribution >= 4 is 0 Å². The van der Waals surface area contributed by atoms with Gasteiger partial charge in [-0.3, -0.25) is 4.90 Å². The SMILES string of the molecule is CC(C)N(CC(O)c1ccc(OC(F)(F)F)cc1)C(C)C. The number of aliphatic hydroxyl groups excluding tert-OH is 1. The predicted octanol–water partition coefficient (Wildman–Crippen LogP) is 3.74. The van der Waals surface area contributed by atoms with E-state index in [1.807, 2.05) is 27.7 Å². The maximum Gasteiger partial charge on any atom is 0.573 e. The number of rotatable bonds is 6. The minimum atomic E-state index is -4.70. The monoisotopic (exact) mass is 305 g/mol. The summed E-state index contributed by atoms with van der Waals surface area (Å²) in [6, 6.07) is 5.86. The predicted molar refractivity (Wildman–Crippen MR) is 75.1 cm³/mol. The number of hydrogen-bond acceptors (Lipinski definition) is 3. The molecule has 1 aromatic carbocycles. The number of hydrogen-bond donors (Lipinski definition) is 1. The minimum Gasteiger partial charge on any atom is -0.406 e. The zero-order valence-electron chi connectivity index (χ0n) is 12.7. The van der Waals surface area contributed by atoms with Crippen LogP contribution in [0.4, 0.5) is 13.2 Å². The lowest BCUT2D eigenvalue weighted by Crippen LogP contribution is -2.39. The van der Waals surface area contributed by atoms with Crippen LogP contribution >= 0.6 is 0 Å². The van der Waals surface area contributed by atoms with Crippen LogP contribution in [0.25, 0.3) is 0 Å². The van der Waals surface area contributed by atoms with Gasteiger partial charge in [0.2, 0.25) is 0 Å². The maximum atomic E-state index is 12.1. The van der Waals surface area contributed by atoms with Crippen LogP contribution < -0.4 is 4.74 Å². The first kappa shape index (κ1) is 17.8. The molecular formula is C15H22F3NO2. The van der Waals surface area contributed by atoms with Crippen LogP contribution in [0.5, 0.6) is 5.75 Å².